The minimum Gasteiger partial charge on any atom is -0.0996 e. The summed E-state index contributed by atoms with van der Waals surface area (Å²) in [5.74, 6) is 1.29. The molecule has 0 N–H and O–H groups in total. The molecule has 0 saturated carbocycles. The van der Waals surface area contributed by atoms with Gasteiger partial charge in [0.2, 0.25) is 0 Å². The van der Waals surface area contributed by atoms with Crippen molar-refractivity contribution in [2.24, 2.45) is 11.8 Å². The first kappa shape index (κ1) is 15.0. The first-order valence-corrected chi connectivity index (χ1v) is 6.14. The zero-order valence-corrected chi connectivity index (χ0v) is 11.3. The summed E-state index contributed by atoms with van der Waals surface area (Å²) >= 11 is 0. The second-order valence-electron chi connectivity index (χ2n) is 4.67. The van der Waals surface area contributed by atoms with E-state index in [1.807, 2.05) is 13.0 Å². The highest BCUT2D eigenvalue weighted by Gasteiger charge is 2.10. The zero-order valence-electron chi connectivity index (χ0n) is 11.3. The molecule has 0 aliphatic heterocycles. The van der Waals surface area contributed by atoms with Crippen molar-refractivity contribution in [1.29, 1.82) is 0 Å². The van der Waals surface area contributed by atoms with Crippen molar-refractivity contribution in [2.75, 3.05) is 0 Å². The molecular formula is C16H26. The van der Waals surface area contributed by atoms with Crippen molar-refractivity contribution in [3.8, 4) is 0 Å². The number of hydrogen-bond acceptors (Lipinski definition) is 0. The van der Waals surface area contributed by atoms with Crippen LogP contribution in [0.2, 0.25) is 0 Å². The molecular weight excluding hydrogens is 192 g/mol. The van der Waals surface area contributed by atoms with Gasteiger partial charge in [0.05, 0.1) is 0 Å². The maximum atomic E-state index is 4.19. The van der Waals surface area contributed by atoms with Gasteiger partial charge in [-0.2, -0.15) is 0 Å². The monoisotopic (exact) mass is 218 g/mol. The van der Waals surface area contributed by atoms with Crippen molar-refractivity contribution < 1.29 is 0 Å². The van der Waals surface area contributed by atoms with Crippen LogP contribution in [0.25, 0.3) is 0 Å². The molecule has 0 aromatic rings. The Balaban J connectivity index is 4.27. The number of rotatable bonds is 7. The molecule has 0 aliphatic rings. The van der Waals surface area contributed by atoms with Crippen LogP contribution in [0, 0.1) is 11.8 Å². The van der Waals surface area contributed by atoms with E-state index in [1.54, 1.807) is 0 Å². The summed E-state index contributed by atoms with van der Waals surface area (Å²) in [5.41, 5.74) is 2.68. The van der Waals surface area contributed by atoms with E-state index in [0.717, 1.165) is 12.8 Å². The third-order valence-electron chi connectivity index (χ3n) is 3.09. The quantitative estimate of drug-likeness (QED) is 0.401. The van der Waals surface area contributed by atoms with E-state index in [9.17, 15) is 0 Å². The highest BCUT2D eigenvalue weighted by atomic mass is 14.2. The van der Waals surface area contributed by atoms with Gasteiger partial charge in [0.1, 0.15) is 0 Å². The van der Waals surface area contributed by atoms with Gasteiger partial charge in [-0.05, 0) is 37.2 Å². The van der Waals surface area contributed by atoms with Crippen molar-refractivity contribution >= 4 is 0 Å². The molecule has 0 heteroatoms. The maximum absolute atomic E-state index is 4.19. The Kier molecular flexibility index (Phi) is 7.62. The summed E-state index contributed by atoms with van der Waals surface area (Å²) in [4.78, 5) is 0. The van der Waals surface area contributed by atoms with Gasteiger partial charge in [-0.25, -0.2) is 0 Å². The van der Waals surface area contributed by atoms with Gasteiger partial charge < -0.3 is 0 Å². The van der Waals surface area contributed by atoms with E-state index >= 15 is 0 Å². The molecule has 0 rings (SSSR count). The van der Waals surface area contributed by atoms with E-state index in [-0.39, 0.29) is 0 Å². The molecule has 0 radical (unpaired) electrons. The van der Waals surface area contributed by atoms with E-state index in [2.05, 4.69) is 52.2 Å². The first-order chi connectivity index (χ1) is 7.52. The van der Waals surface area contributed by atoms with Crippen LogP contribution in [0.15, 0.2) is 48.6 Å². The lowest BCUT2D eigenvalue weighted by Crippen LogP contribution is -2.06. The average molecular weight is 218 g/mol. The maximum Gasteiger partial charge on any atom is -0.0211 e. The van der Waals surface area contributed by atoms with Crippen molar-refractivity contribution in [1.82, 2.24) is 0 Å². The fraction of sp³-hybridized carbons (Fsp3) is 0.500. The Labute approximate surface area is 101 Å². The molecule has 0 bridgehead atoms. The molecule has 0 aromatic heterocycles. The van der Waals surface area contributed by atoms with Crippen LogP contribution in [0.4, 0.5) is 0 Å². The molecule has 0 nitrogen and oxygen atoms in total. The van der Waals surface area contributed by atoms with Crippen LogP contribution in [-0.2, 0) is 0 Å². The minimum absolute atomic E-state index is 0.607. The normalized spacial score (nSPS) is 14.4. The third kappa shape index (κ3) is 5.75. The first-order valence-electron chi connectivity index (χ1n) is 6.14. The van der Waals surface area contributed by atoms with E-state index < -0.39 is 0 Å². The lowest BCUT2D eigenvalue weighted by molar-refractivity contribution is 0.468. The summed E-state index contributed by atoms with van der Waals surface area (Å²) in [5, 5.41) is 0. The topological polar surface area (TPSA) is 0 Å². The van der Waals surface area contributed by atoms with Crippen LogP contribution >= 0.6 is 0 Å². The molecule has 90 valence electrons. The van der Waals surface area contributed by atoms with Gasteiger partial charge in [-0.3, -0.25) is 0 Å². The van der Waals surface area contributed by atoms with E-state index in [0.29, 0.717) is 11.8 Å². The lowest BCUT2D eigenvalue weighted by atomic mass is 9.87. The standard InChI is InChI=1S/C16H26/c1-7-9-16(10-8-2)12-11-14(5)15(6)13(3)4/h7-10,13,15H,1,5,11-12H2,2-4,6H3/b10-8-,16-9+. The summed E-state index contributed by atoms with van der Waals surface area (Å²) in [7, 11) is 0. The minimum atomic E-state index is 0.607. The van der Waals surface area contributed by atoms with Gasteiger partial charge in [-0.15, -0.1) is 0 Å². The van der Waals surface area contributed by atoms with Crippen LogP contribution in [0.1, 0.15) is 40.5 Å². The summed E-state index contributed by atoms with van der Waals surface area (Å²) < 4.78 is 0. The van der Waals surface area contributed by atoms with E-state index in [4.69, 9.17) is 0 Å². The van der Waals surface area contributed by atoms with Gasteiger partial charge in [-0.1, -0.05) is 63.8 Å². The molecule has 1 atom stereocenters. The largest absolute Gasteiger partial charge is 0.0996 e. The van der Waals surface area contributed by atoms with Crippen molar-refractivity contribution in [3.63, 3.8) is 0 Å². The summed E-state index contributed by atoms with van der Waals surface area (Å²) in [6.07, 6.45) is 10.3. The molecule has 0 spiro atoms. The fourth-order valence-electron chi connectivity index (χ4n) is 1.59. The fourth-order valence-corrected chi connectivity index (χ4v) is 1.59. The average Bonchev–Trinajstić information content (AvgIpc) is 2.24. The van der Waals surface area contributed by atoms with Gasteiger partial charge in [0, 0.05) is 0 Å². The SMILES string of the molecule is C=C/C=C(\C=C/C)CCC(=C)C(C)C(C)C. The number of hydrogen-bond donors (Lipinski definition) is 0. The highest BCUT2D eigenvalue weighted by molar-refractivity contribution is 5.23. The lowest BCUT2D eigenvalue weighted by Gasteiger charge is -2.18. The van der Waals surface area contributed by atoms with Gasteiger partial charge >= 0.3 is 0 Å². The molecule has 0 aromatic carbocycles. The van der Waals surface area contributed by atoms with Crippen LogP contribution in [0.5, 0.6) is 0 Å². The van der Waals surface area contributed by atoms with Crippen LogP contribution < -0.4 is 0 Å². The molecule has 0 heterocycles. The van der Waals surface area contributed by atoms with Crippen LogP contribution in [0.3, 0.4) is 0 Å². The van der Waals surface area contributed by atoms with Crippen LogP contribution in [-0.4, -0.2) is 0 Å². The Hall–Kier alpha value is -1.04. The third-order valence-corrected chi connectivity index (χ3v) is 3.09. The Morgan fingerprint density at radius 3 is 2.25 bits per heavy atom. The Morgan fingerprint density at radius 1 is 1.19 bits per heavy atom. The molecule has 0 aliphatic carbocycles. The predicted octanol–water partition coefficient (Wildman–Crippen LogP) is 5.30. The van der Waals surface area contributed by atoms with Crippen molar-refractivity contribution in [2.45, 2.75) is 40.5 Å². The predicted molar refractivity (Wildman–Crippen MR) is 75.5 cm³/mol. The Morgan fingerprint density at radius 2 is 1.81 bits per heavy atom. The van der Waals surface area contributed by atoms with E-state index in [1.165, 1.54) is 11.1 Å². The van der Waals surface area contributed by atoms with Gasteiger partial charge in [0.15, 0.2) is 0 Å². The highest BCUT2D eigenvalue weighted by Crippen LogP contribution is 2.24. The Bertz CT molecular complexity index is 276. The summed E-state index contributed by atoms with van der Waals surface area (Å²) in [6.45, 7) is 16.7. The molecule has 0 saturated heterocycles. The molecule has 0 fully saturated rings. The summed E-state index contributed by atoms with van der Waals surface area (Å²) in [6, 6.07) is 0. The smallest absolute Gasteiger partial charge is 0.0211 e. The second-order valence-corrected chi connectivity index (χ2v) is 4.67. The second kappa shape index (κ2) is 8.15. The number of allylic oxidation sites excluding steroid dienone is 6. The zero-order chi connectivity index (χ0) is 12.6. The van der Waals surface area contributed by atoms with Crippen molar-refractivity contribution in [3.05, 3.63) is 48.6 Å². The molecule has 0 amide bonds. The molecule has 1 unspecified atom stereocenters. The van der Waals surface area contributed by atoms with Gasteiger partial charge in [0.25, 0.3) is 0 Å². The molecule has 16 heavy (non-hydrogen) atoms.